The molecule has 7 nitrogen and oxygen atoms in total. The Hall–Kier alpha value is -1.89. The number of hydrazine groups is 1. The van der Waals surface area contributed by atoms with Crippen LogP contribution in [0, 0.1) is 5.41 Å². The zero-order chi connectivity index (χ0) is 12.2. The second-order valence-electron chi connectivity index (χ2n) is 4.04. The average Bonchev–Trinajstić information content (AvgIpc) is 2.26. The van der Waals surface area contributed by atoms with Crippen LogP contribution in [0.3, 0.4) is 0 Å². The molecule has 0 spiro atoms. The summed E-state index contributed by atoms with van der Waals surface area (Å²) in [4.78, 5) is 19.1. The Kier molecular flexibility index (Phi) is 3.62. The molecule has 0 unspecified atom stereocenters. The van der Waals surface area contributed by atoms with E-state index in [1.54, 1.807) is 13.8 Å². The van der Waals surface area contributed by atoms with Gasteiger partial charge in [0.15, 0.2) is 5.82 Å². The van der Waals surface area contributed by atoms with Crippen LogP contribution in [0.5, 0.6) is 0 Å². The van der Waals surface area contributed by atoms with Gasteiger partial charge in [0.05, 0.1) is 17.8 Å². The monoisotopic (exact) mass is 224 g/mol. The summed E-state index contributed by atoms with van der Waals surface area (Å²) in [5.74, 6) is 5.80. The lowest BCUT2D eigenvalue weighted by Gasteiger charge is -2.20. The SMILES string of the molecule is CC(C)(CNc1cncc(NN)n1)C(N)=O. The van der Waals surface area contributed by atoms with Crippen LogP contribution >= 0.6 is 0 Å². The molecule has 0 radical (unpaired) electrons. The maximum atomic E-state index is 11.1. The molecule has 88 valence electrons. The standard InChI is InChI=1S/C9H16N6O/c1-9(2,8(10)16)5-13-6-3-12-4-7(14-6)15-11/h3-4H,5,11H2,1-2H3,(H2,10,16)(H2,13,14,15). The van der Waals surface area contributed by atoms with Crippen molar-refractivity contribution in [3.63, 3.8) is 0 Å². The number of nitrogens with two attached hydrogens (primary N) is 2. The third kappa shape index (κ3) is 3.06. The number of primary amides is 1. The minimum atomic E-state index is -0.645. The second-order valence-corrected chi connectivity index (χ2v) is 4.04. The molecule has 1 aromatic heterocycles. The fraction of sp³-hybridized carbons (Fsp3) is 0.444. The Balaban J connectivity index is 2.64. The van der Waals surface area contributed by atoms with Gasteiger partial charge in [0, 0.05) is 6.54 Å². The lowest BCUT2D eigenvalue weighted by molar-refractivity contribution is -0.125. The number of hydrogen-bond donors (Lipinski definition) is 4. The molecule has 0 aliphatic heterocycles. The van der Waals surface area contributed by atoms with E-state index in [9.17, 15) is 4.79 Å². The van der Waals surface area contributed by atoms with Crippen LogP contribution in [0.4, 0.5) is 11.6 Å². The first-order valence-electron chi connectivity index (χ1n) is 4.78. The van der Waals surface area contributed by atoms with Gasteiger partial charge in [-0.25, -0.2) is 10.8 Å². The fourth-order valence-electron chi connectivity index (χ4n) is 0.919. The van der Waals surface area contributed by atoms with Crippen LogP contribution in [-0.4, -0.2) is 22.4 Å². The largest absolute Gasteiger partial charge is 0.369 e. The van der Waals surface area contributed by atoms with Crippen LogP contribution in [0.2, 0.25) is 0 Å². The fourth-order valence-corrected chi connectivity index (χ4v) is 0.919. The molecule has 16 heavy (non-hydrogen) atoms. The first-order chi connectivity index (χ1) is 7.45. The van der Waals surface area contributed by atoms with Gasteiger partial charge in [-0.15, -0.1) is 0 Å². The zero-order valence-electron chi connectivity index (χ0n) is 9.32. The summed E-state index contributed by atoms with van der Waals surface area (Å²) in [6.45, 7) is 3.88. The molecule has 0 saturated carbocycles. The van der Waals surface area contributed by atoms with Crippen molar-refractivity contribution in [2.75, 3.05) is 17.3 Å². The van der Waals surface area contributed by atoms with E-state index < -0.39 is 5.41 Å². The molecule has 6 N–H and O–H groups in total. The third-order valence-electron chi connectivity index (χ3n) is 2.16. The number of rotatable bonds is 5. The zero-order valence-corrected chi connectivity index (χ0v) is 9.32. The highest BCUT2D eigenvalue weighted by molar-refractivity contribution is 5.80. The molecule has 0 atom stereocenters. The highest BCUT2D eigenvalue weighted by atomic mass is 16.1. The molecule has 0 bridgehead atoms. The van der Waals surface area contributed by atoms with E-state index in [-0.39, 0.29) is 5.91 Å². The highest BCUT2D eigenvalue weighted by Gasteiger charge is 2.24. The Morgan fingerprint density at radius 1 is 1.44 bits per heavy atom. The minimum absolute atomic E-state index is 0.374. The highest BCUT2D eigenvalue weighted by Crippen LogP contribution is 2.15. The van der Waals surface area contributed by atoms with Gasteiger partial charge in [-0.2, -0.15) is 0 Å². The predicted molar refractivity (Wildman–Crippen MR) is 61.3 cm³/mol. The number of hydrogen-bond acceptors (Lipinski definition) is 6. The van der Waals surface area contributed by atoms with Crippen molar-refractivity contribution in [2.45, 2.75) is 13.8 Å². The molecule has 7 heteroatoms. The minimum Gasteiger partial charge on any atom is -0.369 e. The van der Waals surface area contributed by atoms with Crippen molar-refractivity contribution < 1.29 is 4.79 Å². The van der Waals surface area contributed by atoms with Crippen LogP contribution in [0.1, 0.15) is 13.8 Å². The lowest BCUT2D eigenvalue weighted by atomic mass is 9.93. The molecule has 0 fully saturated rings. The topological polar surface area (TPSA) is 119 Å². The van der Waals surface area contributed by atoms with E-state index in [1.807, 2.05) is 0 Å². The summed E-state index contributed by atoms with van der Waals surface area (Å²) in [7, 11) is 0. The van der Waals surface area contributed by atoms with Crippen LogP contribution in [0.25, 0.3) is 0 Å². The normalized spacial score (nSPS) is 10.9. The number of anilines is 2. The summed E-state index contributed by atoms with van der Waals surface area (Å²) >= 11 is 0. The van der Waals surface area contributed by atoms with Gasteiger partial charge in [0.1, 0.15) is 5.82 Å². The van der Waals surface area contributed by atoms with Gasteiger partial charge in [0.2, 0.25) is 5.91 Å². The Morgan fingerprint density at radius 3 is 2.62 bits per heavy atom. The molecular weight excluding hydrogens is 208 g/mol. The number of nitrogens with one attached hydrogen (secondary N) is 2. The number of aromatic nitrogens is 2. The van der Waals surface area contributed by atoms with Crippen LogP contribution < -0.4 is 22.3 Å². The molecule has 1 rings (SSSR count). The van der Waals surface area contributed by atoms with Gasteiger partial charge in [-0.3, -0.25) is 9.78 Å². The molecule has 0 aliphatic carbocycles. The number of carbonyl (C=O) groups is 1. The smallest absolute Gasteiger partial charge is 0.224 e. The Morgan fingerprint density at radius 2 is 2.06 bits per heavy atom. The van der Waals surface area contributed by atoms with E-state index in [2.05, 4.69) is 20.7 Å². The maximum absolute atomic E-state index is 11.1. The number of nitrogen functional groups attached to an aromatic ring is 1. The van der Waals surface area contributed by atoms with Crippen LogP contribution in [0.15, 0.2) is 12.4 Å². The summed E-state index contributed by atoms with van der Waals surface area (Å²) in [5, 5.41) is 2.97. The summed E-state index contributed by atoms with van der Waals surface area (Å²) in [5.41, 5.74) is 6.98. The quantitative estimate of drug-likeness (QED) is 0.402. The lowest BCUT2D eigenvalue weighted by Crippen LogP contribution is -2.37. The summed E-state index contributed by atoms with van der Waals surface area (Å²) < 4.78 is 0. The third-order valence-corrected chi connectivity index (χ3v) is 2.16. The van der Waals surface area contributed by atoms with E-state index in [1.165, 1.54) is 12.4 Å². The van der Waals surface area contributed by atoms with E-state index in [0.29, 0.717) is 18.2 Å². The molecule has 0 aliphatic rings. The predicted octanol–water partition coefficient (Wildman–Crippen LogP) is -0.314. The summed E-state index contributed by atoms with van der Waals surface area (Å²) in [6, 6.07) is 0. The molecule has 1 heterocycles. The van der Waals surface area contributed by atoms with E-state index in [4.69, 9.17) is 11.6 Å². The van der Waals surface area contributed by atoms with Gasteiger partial charge in [-0.05, 0) is 13.8 Å². The summed E-state index contributed by atoms with van der Waals surface area (Å²) in [6.07, 6.45) is 3.03. The maximum Gasteiger partial charge on any atom is 0.224 e. The van der Waals surface area contributed by atoms with Crippen molar-refractivity contribution >= 4 is 17.5 Å². The van der Waals surface area contributed by atoms with E-state index in [0.717, 1.165) is 0 Å². The first-order valence-corrected chi connectivity index (χ1v) is 4.78. The molecule has 1 amide bonds. The van der Waals surface area contributed by atoms with Crippen molar-refractivity contribution in [2.24, 2.45) is 17.0 Å². The van der Waals surface area contributed by atoms with Crippen molar-refractivity contribution in [3.8, 4) is 0 Å². The van der Waals surface area contributed by atoms with Gasteiger partial charge < -0.3 is 16.5 Å². The molecule has 1 aromatic rings. The Labute approximate surface area is 93.6 Å². The number of nitrogens with zero attached hydrogens (tertiary/aromatic N) is 2. The van der Waals surface area contributed by atoms with E-state index >= 15 is 0 Å². The number of carbonyl (C=O) groups excluding carboxylic acids is 1. The number of amides is 1. The second kappa shape index (κ2) is 4.75. The van der Waals surface area contributed by atoms with Gasteiger partial charge in [0.25, 0.3) is 0 Å². The average molecular weight is 224 g/mol. The van der Waals surface area contributed by atoms with Crippen molar-refractivity contribution in [1.29, 1.82) is 0 Å². The molecule has 0 saturated heterocycles. The molecular formula is C9H16N6O. The van der Waals surface area contributed by atoms with Crippen molar-refractivity contribution in [3.05, 3.63) is 12.4 Å². The first kappa shape index (κ1) is 12.2. The van der Waals surface area contributed by atoms with Gasteiger partial charge in [-0.1, -0.05) is 0 Å². The van der Waals surface area contributed by atoms with Crippen LogP contribution in [-0.2, 0) is 4.79 Å². The van der Waals surface area contributed by atoms with Gasteiger partial charge >= 0.3 is 0 Å². The molecule has 0 aromatic carbocycles. The van der Waals surface area contributed by atoms with Crippen molar-refractivity contribution in [1.82, 2.24) is 9.97 Å². The Bertz CT molecular complexity index is 378.